The maximum Gasteiger partial charge on any atom is 0.129 e. The molecule has 0 atom stereocenters. The largest absolute Gasteiger partial charge is 0.383 e. The molecular formula is C14H10Br3N3S. The Morgan fingerprint density at radius 1 is 1.14 bits per heavy atom. The van der Waals surface area contributed by atoms with Crippen molar-refractivity contribution in [1.82, 2.24) is 9.78 Å². The van der Waals surface area contributed by atoms with Gasteiger partial charge in [0.2, 0.25) is 0 Å². The quantitative estimate of drug-likeness (QED) is 0.500. The predicted molar refractivity (Wildman–Crippen MR) is 99.5 cm³/mol. The minimum absolute atomic E-state index is 0.654. The van der Waals surface area contributed by atoms with Crippen molar-refractivity contribution in [1.29, 1.82) is 0 Å². The molecule has 0 saturated heterocycles. The van der Waals surface area contributed by atoms with E-state index in [1.54, 1.807) is 16.0 Å². The van der Waals surface area contributed by atoms with Gasteiger partial charge in [-0.3, -0.25) is 4.68 Å². The average molecular weight is 492 g/mol. The number of nitrogens with zero attached hydrogens (tertiary/aromatic N) is 2. The summed E-state index contributed by atoms with van der Waals surface area (Å²) in [6.45, 7) is 0. The topological polar surface area (TPSA) is 43.8 Å². The van der Waals surface area contributed by atoms with E-state index < -0.39 is 0 Å². The van der Waals surface area contributed by atoms with Crippen molar-refractivity contribution in [2.24, 2.45) is 7.05 Å². The second-order valence-electron chi connectivity index (χ2n) is 4.48. The molecule has 7 heteroatoms. The summed E-state index contributed by atoms with van der Waals surface area (Å²) in [4.78, 5) is 0. The summed E-state index contributed by atoms with van der Waals surface area (Å²) in [5.41, 5.74) is 10.2. The summed E-state index contributed by atoms with van der Waals surface area (Å²) in [6, 6.07) is 10.1. The number of hydrogen-bond donors (Lipinski definition) is 1. The van der Waals surface area contributed by atoms with E-state index in [1.165, 1.54) is 0 Å². The maximum atomic E-state index is 6.23. The molecule has 0 aliphatic heterocycles. The van der Waals surface area contributed by atoms with Crippen molar-refractivity contribution in [3.63, 3.8) is 0 Å². The molecule has 2 aromatic heterocycles. The fourth-order valence-corrected chi connectivity index (χ4v) is 5.20. The van der Waals surface area contributed by atoms with Crippen LogP contribution in [0.3, 0.4) is 0 Å². The molecule has 3 rings (SSSR count). The number of nitrogen functional groups attached to an aromatic ring is 1. The third-order valence-corrected chi connectivity index (χ3v) is 6.00. The van der Waals surface area contributed by atoms with Crippen LogP contribution in [0.5, 0.6) is 0 Å². The van der Waals surface area contributed by atoms with Gasteiger partial charge in [0.25, 0.3) is 0 Å². The monoisotopic (exact) mass is 489 g/mol. The molecule has 0 saturated carbocycles. The van der Waals surface area contributed by atoms with E-state index in [9.17, 15) is 0 Å². The molecule has 108 valence electrons. The van der Waals surface area contributed by atoms with E-state index in [1.807, 2.05) is 31.3 Å². The van der Waals surface area contributed by atoms with Gasteiger partial charge in [-0.1, -0.05) is 28.1 Å². The van der Waals surface area contributed by atoms with Crippen LogP contribution in [0.4, 0.5) is 5.82 Å². The number of benzene rings is 1. The minimum Gasteiger partial charge on any atom is -0.383 e. The van der Waals surface area contributed by atoms with Gasteiger partial charge in [-0.2, -0.15) is 5.10 Å². The van der Waals surface area contributed by atoms with E-state index >= 15 is 0 Å². The molecule has 3 nitrogen and oxygen atoms in total. The number of aryl methyl sites for hydroxylation is 1. The molecular weight excluding hydrogens is 482 g/mol. The number of rotatable bonds is 2. The van der Waals surface area contributed by atoms with Gasteiger partial charge in [-0.15, -0.1) is 11.3 Å². The third kappa shape index (κ3) is 2.84. The normalized spacial score (nSPS) is 11.0. The maximum absolute atomic E-state index is 6.23. The fourth-order valence-electron chi connectivity index (χ4n) is 2.13. The average Bonchev–Trinajstić information content (AvgIpc) is 2.92. The van der Waals surface area contributed by atoms with Gasteiger partial charge in [0.15, 0.2) is 0 Å². The van der Waals surface area contributed by atoms with Gasteiger partial charge in [0.1, 0.15) is 11.5 Å². The number of nitrogens with two attached hydrogens (primary N) is 1. The molecule has 1 aromatic carbocycles. The first-order valence-electron chi connectivity index (χ1n) is 6.01. The highest BCUT2D eigenvalue weighted by Gasteiger charge is 2.20. The van der Waals surface area contributed by atoms with E-state index in [4.69, 9.17) is 5.73 Å². The molecule has 0 radical (unpaired) electrons. The molecule has 0 spiro atoms. The molecule has 0 aliphatic carbocycles. The summed E-state index contributed by atoms with van der Waals surface area (Å²) in [5, 5.41) is 4.59. The molecule has 0 amide bonds. The Kier molecular flexibility index (Phi) is 4.27. The lowest BCUT2D eigenvalue weighted by Gasteiger charge is -2.04. The van der Waals surface area contributed by atoms with Crippen molar-refractivity contribution in [2.45, 2.75) is 0 Å². The highest BCUT2D eigenvalue weighted by Crippen LogP contribution is 2.43. The first-order valence-corrected chi connectivity index (χ1v) is 9.20. The highest BCUT2D eigenvalue weighted by molar-refractivity contribution is 9.12. The van der Waals surface area contributed by atoms with Gasteiger partial charge in [0, 0.05) is 17.1 Å². The molecule has 2 N–H and O–H groups in total. The summed E-state index contributed by atoms with van der Waals surface area (Å²) in [7, 11) is 1.86. The first kappa shape index (κ1) is 15.3. The number of hydrogen-bond acceptors (Lipinski definition) is 3. The van der Waals surface area contributed by atoms with E-state index in [0.29, 0.717) is 5.82 Å². The molecule has 0 bridgehead atoms. The van der Waals surface area contributed by atoms with Gasteiger partial charge in [0.05, 0.1) is 13.1 Å². The van der Waals surface area contributed by atoms with Gasteiger partial charge in [-0.25, -0.2) is 0 Å². The Balaban J connectivity index is 2.25. The van der Waals surface area contributed by atoms with Crippen LogP contribution in [-0.2, 0) is 7.05 Å². The van der Waals surface area contributed by atoms with Crippen molar-refractivity contribution >= 4 is 64.9 Å². The summed E-state index contributed by atoms with van der Waals surface area (Å²) >= 11 is 12.2. The van der Waals surface area contributed by atoms with Crippen LogP contribution >= 0.6 is 59.1 Å². The Morgan fingerprint density at radius 2 is 1.81 bits per heavy atom. The SMILES string of the molecule is Cn1nc(-c2cc(Br)sc2Br)c(-c2ccc(Br)cc2)c1N. The van der Waals surface area contributed by atoms with Crippen molar-refractivity contribution in [3.8, 4) is 22.4 Å². The third-order valence-electron chi connectivity index (χ3n) is 3.14. The van der Waals surface area contributed by atoms with Crippen LogP contribution in [0.25, 0.3) is 22.4 Å². The molecule has 21 heavy (non-hydrogen) atoms. The van der Waals surface area contributed by atoms with Crippen LogP contribution in [0, 0.1) is 0 Å². The number of thiophene rings is 1. The second-order valence-corrected chi connectivity index (χ2v) is 9.14. The summed E-state index contributed by atoms with van der Waals surface area (Å²) < 4.78 is 4.83. The van der Waals surface area contributed by atoms with Crippen molar-refractivity contribution < 1.29 is 0 Å². The van der Waals surface area contributed by atoms with Gasteiger partial charge < -0.3 is 5.73 Å². The molecule has 3 aromatic rings. The van der Waals surface area contributed by atoms with Crippen LogP contribution in [-0.4, -0.2) is 9.78 Å². The second kappa shape index (κ2) is 5.87. The molecule has 2 heterocycles. The van der Waals surface area contributed by atoms with Gasteiger partial charge in [-0.05, 0) is 55.6 Å². The van der Waals surface area contributed by atoms with Crippen LogP contribution in [0.2, 0.25) is 0 Å². The molecule has 0 fully saturated rings. The van der Waals surface area contributed by atoms with E-state index in [2.05, 4.69) is 59.0 Å². The lowest BCUT2D eigenvalue weighted by molar-refractivity contribution is 0.782. The summed E-state index contributed by atoms with van der Waals surface area (Å²) in [6.07, 6.45) is 0. The minimum atomic E-state index is 0.654. The zero-order valence-corrected chi connectivity index (χ0v) is 16.5. The lowest BCUT2D eigenvalue weighted by Crippen LogP contribution is -1.97. The van der Waals surface area contributed by atoms with E-state index in [-0.39, 0.29) is 0 Å². The zero-order chi connectivity index (χ0) is 15.1. The van der Waals surface area contributed by atoms with Crippen LogP contribution in [0.1, 0.15) is 0 Å². The Hall–Kier alpha value is -0.630. The first-order chi connectivity index (χ1) is 9.97. The van der Waals surface area contributed by atoms with Crippen LogP contribution < -0.4 is 5.73 Å². The number of anilines is 1. The molecule has 0 unspecified atom stereocenters. The van der Waals surface area contributed by atoms with E-state index in [0.717, 1.165) is 34.4 Å². The van der Waals surface area contributed by atoms with Crippen molar-refractivity contribution in [3.05, 3.63) is 42.4 Å². The highest BCUT2D eigenvalue weighted by atomic mass is 79.9. The Bertz CT molecular complexity index is 806. The van der Waals surface area contributed by atoms with Gasteiger partial charge >= 0.3 is 0 Å². The molecule has 0 aliphatic rings. The lowest BCUT2D eigenvalue weighted by atomic mass is 10.0. The standard InChI is InChI=1S/C14H10Br3N3S/c1-20-14(18)11(7-2-4-8(15)5-3-7)12(19-20)9-6-10(16)21-13(9)17/h2-6H,18H2,1H3. The van der Waals surface area contributed by atoms with Crippen molar-refractivity contribution in [2.75, 3.05) is 5.73 Å². The Labute approximate surface area is 151 Å². The summed E-state index contributed by atoms with van der Waals surface area (Å²) in [5.74, 6) is 0.654. The smallest absolute Gasteiger partial charge is 0.129 e. The number of halogens is 3. The predicted octanol–water partition coefficient (Wildman–Crippen LogP) is 5.69. The zero-order valence-electron chi connectivity index (χ0n) is 10.9. The Morgan fingerprint density at radius 3 is 2.38 bits per heavy atom. The fraction of sp³-hybridized carbons (Fsp3) is 0.0714. The van der Waals surface area contributed by atoms with Crippen LogP contribution in [0.15, 0.2) is 42.4 Å². The number of aromatic nitrogens is 2.